The second kappa shape index (κ2) is 4.07. The highest BCUT2D eigenvalue weighted by Crippen LogP contribution is 2.10. The van der Waals surface area contributed by atoms with E-state index in [2.05, 4.69) is 25.8 Å². The van der Waals surface area contributed by atoms with Crippen LogP contribution in [0, 0.1) is 5.92 Å². The lowest BCUT2D eigenvalue weighted by Gasteiger charge is -2.34. The van der Waals surface area contributed by atoms with Crippen LogP contribution in [0.1, 0.15) is 20.3 Å². The van der Waals surface area contributed by atoms with E-state index in [-0.39, 0.29) is 0 Å². The van der Waals surface area contributed by atoms with Gasteiger partial charge in [0, 0.05) is 0 Å². The van der Waals surface area contributed by atoms with Crippen LogP contribution in [0.2, 0.25) is 0 Å². The Morgan fingerprint density at radius 3 is 2.45 bits per heavy atom. The monoisotopic (exact) mass is 157 g/mol. The number of likely N-dealkylation sites (N-methyl/N-ethyl adjacent to an activating group) is 1. The minimum absolute atomic E-state index is 0.703. The summed E-state index contributed by atoms with van der Waals surface area (Å²) in [5.74, 6) is 0.818. The first-order chi connectivity index (χ1) is 5.20. The van der Waals surface area contributed by atoms with Crippen molar-refractivity contribution >= 4 is 0 Å². The summed E-state index contributed by atoms with van der Waals surface area (Å²) in [7, 11) is 2.19. The minimum Gasteiger partial charge on any atom is -0.378 e. The first kappa shape index (κ1) is 9.01. The molecule has 0 bridgehead atoms. The molecule has 1 aliphatic rings. The molecule has 2 heteroatoms. The van der Waals surface area contributed by atoms with Gasteiger partial charge >= 0.3 is 0 Å². The summed E-state index contributed by atoms with van der Waals surface area (Å²) < 4.78 is 5.12. The molecule has 0 aromatic carbocycles. The van der Waals surface area contributed by atoms with Crippen LogP contribution in [0.5, 0.6) is 0 Å². The third-order valence-electron chi connectivity index (χ3n) is 2.30. The fourth-order valence-electron chi connectivity index (χ4n) is 1.12. The molecule has 0 atom stereocenters. The Hall–Kier alpha value is -0.0800. The van der Waals surface area contributed by atoms with E-state index in [1.165, 1.54) is 13.0 Å². The van der Waals surface area contributed by atoms with Crippen molar-refractivity contribution < 1.29 is 4.74 Å². The molecule has 0 aromatic rings. The van der Waals surface area contributed by atoms with Crippen LogP contribution < -0.4 is 0 Å². The van der Waals surface area contributed by atoms with Gasteiger partial charge in [0.25, 0.3) is 0 Å². The van der Waals surface area contributed by atoms with Gasteiger partial charge in [-0.05, 0) is 25.9 Å². The summed E-state index contributed by atoms with van der Waals surface area (Å²) >= 11 is 0. The Morgan fingerprint density at radius 2 is 2.09 bits per heavy atom. The quantitative estimate of drug-likeness (QED) is 0.611. The Bertz CT molecular complexity index is 110. The molecule has 0 spiro atoms. The molecule has 0 amide bonds. The molecular formula is C9H19NO. The Balaban J connectivity index is 2.05. The lowest BCUT2D eigenvalue weighted by atomic mass is 10.1. The molecule has 1 saturated heterocycles. The Morgan fingerprint density at radius 1 is 1.45 bits per heavy atom. The van der Waals surface area contributed by atoms with E-state index in [0.717, 1.165) is 19.1 Å². The summed E-state index contributed by atoms with van der Waals surface area (Å²) in [6, 6.07) is 0.703. The molecule has 2 nitrogen and oxygen atoms in total. The van der Waals surface area contributed by atoms with Gasteiger partial charge in [-0.2, -0.15) is 0 Å². The van der Waals surface area contributed by atoms with Crippen LogP contribution in [0.3, 0.4) is 0 Å². The van der Waals surface area contributed by atoms with Crippen molar-refractivity contribution in [3.63, 3.8) is 0 Å². The highest BCUT2D eigenvalue weighted by molar-refractivity contribution is 4.74. The Labute approximate surface area is 69.5 Å². The SMILES string of the molecule is CC(C)CCN(C)C1COC1. The van der Waals surface area contributed by atoms with E-state index >= 15 is 0 Å². The van der Waals surface area contributed by atoms with Crippen LogP contribution >= 0.6 is 0 Å². The van der Waals surface area contributed by atoms with Gasteiger partial charge in [0.15, 0.2) is 0 Å². The number of hydrogen-bond acceptors (Lipinski definition) is 2. The third kappa shape index (κ3) is 2.80. The molecule has 0 radical (unpaired) electrons. The fourth-order valence-corrected chi connectivity index (χ4v) is 1.12. The van der Waals surface area contributed by atoms with Crippen LogP contribution in [0.25, 0.3) is 0 Å². The Kier molecular flexibility index (Phi) is 3.34. The van der Waals surface area contributed by atoms with Gasteiger partial charge in [-0.15, -0.1) is 0 Å². The number of rotatable bonds is 4. The van der Waals surface area contributed by atoms with Crippen molar-refractivity contribution in [1.82, 2.24) is 4.90 Å². The zero-order valence-corrected chi connectivity index (χ0v) is 7.84. The van der Waals surface area contributed by atoms with E-state index in [1.807, 2.05) is 0 Å². The van der Waals surface area contributed by atoms with Gasteiger partial charge < -0.3 is 4.74 Å². The van der Waals surface area contributed by atoms with Crippen molar-refractivity contribution in [3.8, 4) is 0 Å². The first-order valence-corrected chi connectivity index (χ1v) is 4.48. The molecule has 0 unspecified atom stereocenters. The predicted octanol–water partition coefficient (Wildman–Crippen LogP) is 1.36. The van der Waals surface area contributed by atoms with Crippen LogP contribution in [0.15, 0.2) is 0 Å². The average molecular weight is 157 g/mol. The van der Waals surface area contributed by atoms with E-state index < -0.39 is 0 Å². The zero-order chi connectivity index (χ0) is 8.27. The summed E-state index contributed by atoms with van der Waals surface area (Å²) in [6.45, 7) is 7.63. The maximum absolute atomic E-state index is 5.12. The largest absolute Gasteiger partial charge is 0.378 e. The van der Waals surface area contributed by atoms with E-state index in [0.29, 0.717) is 6.04 Å². The lowest BCUT2D eigenvalue weighted by Crippen LogP contribution is -2.47. The molecule has 66 valence electrons. The topological polar surface area (TPSA) is 12.5 Å². The van der Waals surface area contributed by atoms with Crippen LogP contribution in [-0.4, -0.2) is 37.7 Å². The van der Waals surface area contributed by atoms with E-state index in [4.69, 9.17) is 4.74 Å². The average Bonchev–Trinajstić information content (AvgIpc) is 1.79. The second-order valence-electron chi connectivity index (χ2n) is 3.85. The molecule has 1 rings (SSSR count). The van der Waals surface area contributed by atoms with Crippen molar-refractivity contribution in [3.05, 3.63) is 0 Å². The fraction of sp³-hybridized carbons (Fsp3) is 1.00. The van der Waals surface area contributed by atoms with E-state index in [9.17, 15) is 0 Å². The van der Waals surface area contributed by atoms with Gasteiger partial charge in [-0.3, -0.25) is 4.90 Å². The summed E-state index contributed by atoms with van der Waals surface area (Å²) in [5.41, 5.74) is 0. The summed E-state index contributed by atoms with van der Waals surface area (Å²) in [4.78, 5) is 2.41. The molecule has 0 aliphatic carbocycles. The second-order valence-corrected chi connectivity index (χ2v) is 3.85. The number of hydrogen-bond donors (Lipinski definition) is 0. The predicted molar refractivity (Wildman–Crippen MR) is 46.7 cm³/mol. The lowest BCUT2D eigenvalue weighted by molar-refractivity contribution is -0.0568. The van der Waals surface area contributed by atoms with Gasteiger partial charge in [-0.1, -0.05) is 13.8 Å². The van der Waals surface area contributed by atoms with Crippen LogP contribution in [0.4, 0.5) is 0 Å². The highest BCUT2D eigenvalue weighted by atomic mass is 16.5. The molecule has 0 aromatic heterocycles. The number of nitrogens with zero attached hydrogens (tertiary/aromatic N) is 1. The molecular weight excluding hydrogens is 138 g/mol. The van der Waals surface area contributed by atoms with Gasteiger partial charge in [0.05, 0.1) is 19.3 Å². The normalized spacial score (nSPS) is 19.4. The minimum atomic E-state index is 0.703. The molecule has 11 heavy (non-hydrogen) atoms. The van der Waals surface area contributed by atoms with Gasteiger partial charge in [0.2, 0.25) is 0 Å². The molecule has 1 fully saturated rings. The van der Waals surface area contributed by atoms with Crippen LogP contribution in [-0.2, 0) is 4.74 Å². The molecule has 0 N–H and O–H groups in total. The first-order valence-electron chi connectivity index (χ1n) is 4.48. The maximum Gasteiger partial charge on any atom is 0.0645 e. The summed E-state index contributed by atoms with van der Waals surface area (Å²) in [6.07, 6.45) is 1.30. The number of ether oxygens (including phenoxy) is 1. The van der Waals surface area contributed by atoms with Crippen molar-refractivity contribution in [1.29, 1.82) is 0 Å². The maximum atomic E-state index is 5.12. The summed E-state index contributed by atoms with van der Waals surface area (Å²) in [5, 5.41) is 0. The smallest absolute Gasteiger partial charge is 0.0645 e. The third-order valence-corrected chi connectivity index (χ3v) is 2.30. The van der Waals surface area contributed by atoms with Crippen molar-refractivity contribution in [2.75, 3.05) is 26.8 Å². The molecule has 1 heterocycles. The molecule has 1 aliphatic heterocycles. The standard InChI is InChI=1S/C9H19NO/c1-8(2)4-5-10(3)9-6-11-7-9/h8-9H,4-7H2,1-3H3. The highest BCUT2D eigenvalue weighted by Gasteiger charge is 2.22. The van der Waals surface area contributed by atoms with E-state index in [1.54, 1.807) is 0 Å². The van der Waals surface area contributed by atoms with Gasteiger partial charge in [0.1, 0.15) is 0 Å². The zero-order valence-electron chi connectivity index (χ0n) is 7.84. The van der Waals surface area contributed by atoms with Crippen molar-refractivity contribution in [2.45, 2.75) is 26.3 Å². The van der Waals surface area contributed by atoms with Crippen molar-refractivity contribution in [2.24, 2.45) is 5.92 Å². The molecule has 0 saturated carbocycles. The van der Waals surface area contributed by atoms with Gasteiger partial charge in [-0.25, -0.2) is 0 Å².